The van der Waals surface area contributed by atoms with E-state index in [4.69, 9.17) is 5.73 Å². The van der Waals surface area contributed by atoms with Crippen molar-refractivity contribution in [3.63, 3.8) is 0 Å². The number of carbonyl (C=O) groups is 2. The molecular weight excluding hydrogens is 524 g/mol. The van der Waals surface area contributed by atoms with Crippen LogP contribution in [0.5, 0.6) is 0 Å². The molecule has 0 unspecified atom stereocenters. The summed E-state index contributed by atoms with van der Waals surface area (Å²) in [6.07, 6.45) is 3.15. The second kappa shape index (κ2) is 9.99. The fourth-order valence-corrected chi connectivity index (χ4v) is 6.17. The van der Waals surface area contributed by atoms with Crippen molar-refractivity contribution >= 4 is 61.7 Å². The molecule has 8 heteroatoms. The molecule has 0 atom stereocenters. The first kappa shape index (κ1) is 25.7. The number of nitrogens with one attached hydrogen (secondary N) is 2. The van der Waals surface area contributed by atoms with Crippen LogP contribution in [0.25, 0.3) is 43.8 Å². The zero-order valence-corrected chi connectivity index (χ0v) is 23.5. The molecule has 4 N–H and O–H groups in total. The van der Waals surface area contributed by atoms with Crippen LogP contribution < -0.4 is 16.0 Å². The number of anilines is 3. The van der Waals surface area contributed by atoms with Gasteiger partial charge in [0.1, 0.15) is 12.1 Å². The topological polar surface area (TPSA) is 117 Å². The van der Waals surface area contributed by atoms with E-state index in [0.717, 1.165) is 90.7 Å². The van der Waals surface area contributed by atoms with Crippen molar-refractivity contribution in [2.24, 2.45) is 5.73 Å². The maximum Gasteiger partial charge on any atom is 0.227 e. The highest BCUT2D eigenvalue weighted by atomic mass is 16.2. The lowest BCUT2D eigenvalue weighted by atomic mass is 9.92. The molecule has 208 valence electrons. The van der Waals surface area contributed by atoms with Crippen molar-refractivity contribution in [1.82, 2.24) is 15.0 Å². The first-order chi connectivity index (χ1) is 20.4. The highest BCUT2D eigenvalue weighted by molar-refractivity contribution is 6.17. The number of H-pyrrole nitrogens is 1. The standard InChI is InChI=1S/C34H30N6O2/c1-19-8-13-28-26(15-19)34(37-18-36-28)39-27-6-3-5-23(20(27)2)24-11-9-21(16-30(35)41)33-32(24)25-12-10-22(17-29(25)38-33)40-14-4-7-31(40)42/h3,5-6,8-13,15,17-18,38H,4,7,14,16H2,1-2H3,(H2,35,41)(H,36,37,39). The summed E-state index contributed by atoms with van der Waals surface area (Å²) in [4.78, 5) is 38.8. The van der Waals surface area contributed by atoms with Gasteiger partial charge < -0.3 is 20.9 Å². The molecule has 1 fully saturated rings. The Morgan fingerprint density at radius 1 is 1.00 bits per heavy atom. The second-order valence-corrected chi connectivity index (χ2v) is 11.0. The number of rotatable bonds is 6. The van der Waals surface area contributed by atoms with Gasteiger partial charge in [0, 0.05) is 46.0 Å². The summed E-state index contributed by atoms with van der Waals surface area (Å²) in [5.74, 6) is 0.509. The molecule has 6 aromatic rings. The molecule has 0 saturated carbocycles. The lowest BCUT2D eigenvalue weighted by Crippen LogP contribution is -2.23. The molecule has 8 nitrogen and oxygen atoms in total. The number of aryl methyl sites for hydroxylation is 1. The predicted octanol–water partition coefficient (Wildman–Crippen LogP) is 6.45. The first-order valence-electron chi connectivity index (χ1n) is 14.1. The van der Waals surface area contributed by atoms with Crippen LogP contribution in [0.2, 0.25) is 0 Å². The number of hydrogen-bond donors (Lipinski definition) is 3. The number of fused-ring (bicyclic) bond motifs is 4. The largest absolute Gasteiger partial charge is 0.369 e. The zero-order valence-electron chi connectivity index (χ0n) is 23.5. The van der Waals surface area contributed by atoms with Gasteiger partial charge in [0.05, 0.1) is 17.5 Å². The Bertz CT molecular complexity index is 2060. The van der Waals surface area contributed by atoms with Crippen LogP contribution in [0.15, 0.2) is 73.1 Å². The van der Waals surface area contributed by atoms with Crippen LogP contribution in [0.3, 0.4) is 0 Å². The quantitative estimate of drug-likeness (QED) is 0.219. The van der Waals surface area contributed by atoms with E-state index in [9.17, 15) is 9.59 Å². The molecule has 1 saturated heterocycles. The number of benzene rings is 4. The number of aromatic amines is 1. The SMILES string of the molecule is Cc1ccc2ncnc(Nc3cccc(-c4ccc(CC(N)=O)c5[nH]c6cc(N7CCCC7=O)ccc6c45)c3C)c2c1. The van der Waals surface area contributed by atoms with Gasteiger partial charge in [0.15, 0.2) is 0 Å². The van der Waals surface area contributed by atoms with Gasteiger partial charge in [-0.15, -0.1) is 0 Å². The van der Waals surface area contributed by atoms with Crippen LogP contribution >= 0.6 is 0 Å². The normalized spacial score (nSPS) is 13.5. The molecule has 7 rings (SSSR count). The van der Waals surface area contributed by atoms with Gasteiger partial charge in [-0.2, -0.15) is 0 Å². The average Bonchev–Trinajstić information content (AvgIpc) is 3.58. The summed E-state index contributed by atoms with van der Waals surface area (Å²) >= 11 is 0. The minimum atomic E-state index is -0.388. The summed E-state index contributed by atoms with van der Waals surface area (Å²) in [7, 11) is 0. The maximum atomic E-state index is 12.4. The number of nitrogens with zero attached hydrogens (tertiary/aromatic N) is 3. The van der Waals surface area contributed by atoms with Crippen molar-refractivity contribution in [3.05, 3.63) is 89.7 Å². The Hall–Kier alpha value is -5.24. The van der Waals surface area contributed by atoms with E-state index < -0.39 is 0 Å². The lowest BCUT2D eigenvalue weighted by molar-refractivity contribution is -0.118. The third kappa shape index (κ3) is 4.32. The Balaban J connectivity index is 1.38. The van der Waals surface area contributed by atoms with E-state index in [1.807, 2.05) is 41.3 Å². The summed E-state index contributed by atoms with van der Waals surface area (Å²) in [5.41, 5.74) is 15.3. The number of primary amides is 1. The lowest BCUT2D eigenvalue weighted by Gasteiger charge is -2.16. The molecule has 2 amide bonds. The number of amides is 2. The fraction of sp³-hybridized carbons (Fsp3) is 0.176. The molecule has 0 aliphatic carbocycles. The Labute approximate surface area is 242 Å². The number of nitrogens with two attached hydrogens (primary N) is 1. The molecule has 3 heterocycles. The molecule has 0 spiro atoms. The van der Waals surface area contributed by atoms with E-state index in [2.05, 4.69) is 64.4 Å². The van der Waals surface area contributed by atoms with Gasteiger partial charge in [0.2, 0.25) is 11.8 Å². The monoisotopic (exact) mass is 554 g/mol. The Morgan fingerprint density at radius 2 is 1.88 bits per heavy atom. The minimum absolute atomic E-state index is 0.127. The van der Waals surface area contributed by atoms with E-state index in [0.29, 0.717) is 6.42 Å². The summed E-state index contributed by atoms with van der Waals surface area (Å²) in [6, 6.07) is 22.5. The summed E-state index contributed by atoms with van der Waals surface area (Å²) in [5, 5.41) is 6.56. The van der Waals surface area contributed by atoms with E-state index in [1.54, 1.807) is 6.33 Å². The fourth-order valence-electron chi connectivity index (χ4n) is 6.17. The van der Waals surface area contributed by atoms with Crippen molar-refractivity contribution in [2.45, 2.75) is 33.1 Å². The summed E-state index contributed by atoms with van der Waals surface area (Å²) < 4.78 is 0. The molecule has 0 bridgehead atoms. The van der Waals surface area contributed by atoms with Crippen LogP contribution in [-0.4, -0.2) is 33.3 Å². The third-order valence-electron chi connectivity index (χ3n) is 8.24. The Morgan fingerprint density at radius 3 is 2.69 bits per heavy atom. The smallest absolute Gasteiger partial charge is 0.227 e. The molecular formula is C34H30N6O2. The van der Waals surface area contributed by atoms with Gasteiger partial charge in [-0.1, -0.05) is 42.0 Å². The van der Waals surface area contributed by atoms with Gasteiger partial charge >= 0.3 is 0 Å². The van der Waals surface area contributed by atoms with Crippen LogP contribution in [0, 0.1) is 13.8 Å². The number of carbonyl (C=O) groups excluding carboxylic acids is 2. The first-order valence-corrected chi connectivity index (χ1v) is 14.1. The van der Waals surface area contributed by atoms with E-state index in [1.165, 1.54) is 0 Å². The van der Waals surface area contributed by atoms with E-state index >= 15 is 0 Å². The molecule has 2 aromatic heterocycles. The predicted molar refractivity (Wildman–Crippen MR) is 168 cm³/mol. The highest BCUT2D eigenvalue weighted by Gasteiger charge is 2.23. The number of aromatic nitrogens is 3. The van der Waals surface area contributed by atoms with Gasteiger partial charge in [0.25, 0.3) is 0 Å². The van der Waals surface area contributed by atoms with Crippen molar-refractivity contribution in [2.75, 3.05) is 16.8 Å². The molecule has 42 heavy (non-hydrogen) atoms. The van der Waals surface area contributed by atoms with Crippen molar-refractivity contribution in [3.8, 4) is 11.1 Å². The second-order valence-electron chi connectivity index (χ2n) is 11.0. The van der Waals surface area contributed by atoms with Crippen molar-refractivity contribution < 1.29 is 9.59 Å². The van der Waals surface area contributed by atoms with Gasteiger partial charge in [-0.05, 0) is 72.9 Å². The van der Waals surface area contributed by atoms with Crippen LogP contribution in [-0.2, 0) is 16.0 Å². The molecule has 4 aromatic carbocycles. The summed E-state index contributed by atoms with van der Waals surface area (Å²) in [6.45, 7) is 4.88. The number of hydrogen-bond acceptors (Lipinski definition) is 5. The van der Waals surface area contributed by atoms with Crippen LogP contribution in [0.1, 0.15) is 29.5 Å². The van der Waals surface area contributed by atoms with Crippen LogP contribution in [0.4, 0.5) is 17.2 Å². The molecule has 0 radical (unpaired) electrons. The van der Waals surface area contributed by atoms with Gasteiger partial charge in [-0.25, -0.2) is 9.97 Å². The third-order valence-corrected chi connectivity index (χ3v) is 8.24. The Kier molecular flexibility index (Phi) is 6.12. The molecule has 1 aliphatic rings. The highest BCUT2D eigenvalue weighted by Crippen LogP contribution is 2.41. The molecule has 1 aliphatic heterocycles. The van der Waals surface area contributed by atoms with Gasteiger partial charge in [-0.3, -0.25) is 9.59 Å². The average molecular weight is 555 g/mol. The zero-order chi connectivity index (χ0) is 29.0. The maximum absolute atomic E-state index is 12.4. The minimum Gasteiger partial charge on any atom is -0.369 e. The van der Waals surface area contributed by atoms with Crippen molar-refractivity contribution in [1.29, 1.82) is 0 Å². The van der Waals surface area contributed by atoms with E-state index in [-0.39, 0.29) is 18.2 Å².